The smallest absolute Gasteiger partial charge is 0.185 e. The van der Waals surface area contributed by atoms with Crippen LogP contribution in [0.2, 0.25) is 5.02 Å². The summed E-state index contributed by atoms with van der Waals surface area (Å²) in [5.41, 5.74) is 2.93. The van der Waals surface area contributed by atoms with Gasteiger partial charge in [-0.3, -0.25) is 0 Å². The summed E-state index contributed by atoms with van der Waals surface area (Å²) in [6, 6.07) is 9.06. The molecule has 0 saturated carbocycles. The lowest BCUT2D eigenvalue weighted by atomic mass is 10.1. The Morgan fingerprint density at radius 3 is 2.80 bits per heavy atom. The Morgan fingerprint density at radius 2 is 2.04 bits per heavy atom. The highest BCUT2D eigenvalue weighted by Crippen LogP contribution is 2.34. The van der Waals surface area contributed by atoms with E-state index in [1.807, 2.05) is 23.9 Å². The number of phenols is 1. The third-order valence-corrected chi connectivity index (χ3v) is 4.89. The molecule has 1 N–H and O–H groups in total. The molecule has 0 unspecified atom stereocenters. The van der Waals surface area contributed by atoms with Gasteiger partial charge in [0.15, 0.2) is 11.5 Å². The zero-order chi connectivity index (χ0) is 17.8. The summed E-state index contributed by atoms with van der Waals surface area (Å²) in [5.74, 6) is 2.35. The van der Waals surface area contributed by atoms with Gasteiger partial charge in [-0.15, -0.1) is 15.0 Å². The van der Waals surface area contributed by atoms with E-state index in [1.54, 1.807) is 18.2 Å². The first kappa shape index (κ1) is 17.9. The first-order chi connectivity index (χ1) is 12.1. The number of aryl methyl sites for hydroxylation is 1. The summed E-state index contributed by atoms with van der Waals surface area (Å²) in [7, 11) is 1.54. The Morgan fingerprint density at radius 1 is 1.24 bits per heavy atom. The molecular formula is C18H19ClN3O2S. The molecule has 1 radical (unpaired) electrons. The number of aromatic hydroxyl groups is 1. The Labute approximate surface area is 155 Å². The van der Waals surface area contributed by atoms with Crippen LogP contribution < -0.4 is 4.74 Å². The Bertz CT molecular complexity index is 882. The number of thioether (sulfide) groups is 1. The van der Waals surface area contributed by atoms with E-state index in [9.17, 15) is 5.11 Å². The van der Waals surface area contributed by atoms with Crippen LogP contribution in [0.5, 0.6) is 11.5 Å². The maximum absolute atomic E-state index is 10.5. The van der Waals surface area contributed by atoms with Crippen LogP contribution in [-0.4, -0.2) is 38.7 Å². The minimum absolute atomic E-state index is 0.0183. The molecule has 0 amide bonds. The molecule has 0 aliphatic heterocycles. The predicted octanol–water partition coefficient (Wildman–Crippen LogP) is 4.29. The summed E-state index contributed by atoms with van der Waals surface area (Å²) in [5, 5.41) is 19.9. The molecule has 5 nitrogen and oxygen atoms in total. The van der Waals surface area contributed by atoms with Crippen molar-refractivity contribution < 1.29 is 9.84 Å². The summed E-state index contributed by atoms with van der Waals surface area (Å²) < 4.78 is 5.31. The van der Waals surface area contributed by atoms with E-state index < -0.39 is 0 Å². The second kappa shape index (κ2) is 7.97. The molecule has 7 heteroatoms. The van der Waals surface area contributed by atoms with Crippen molar-refractivity contribution in [2.24, 2.45) is 0 Å². The third-order valence-electron chi connectivity index (χ3n) is 3.79. The Balaban J connectivity index is 1.97. The SMILES string of the molecule is [CH2]CSCCCc1cc(OC)c(O)c(-n2nc3ccc(Cl)cc3n2)c1. The predicted molar refractivity (Wildman–Crippen MR) is 103 cm³/mol. The molecule has 0 bridgehead atoms. The van der Waals surface area contributed by atoms with Gasteiger partial charge in [-0.05, 0) is 67.2 Å². The van der Waals surface area contributed by atoms with Crippen LogP contribution in [0.3, 0.4) is 0 Å². The lowest BCUT2D eigenvalue weighted by molar-refractivity contribution is 0.370. The normalized spacial score (nSPS) is 11.2. The first-order valence-electron chi connectivity index (χ1n) is 7.92. The van der Waals surface area contributed by atoms with Gasteiger partial charge in [-0.25, -0.2) is 0 Å². The number of nitrogens with zero attached hydrogens (tertiary/aromatic N) is 3. The lowest BCUT2D eigenvalue weighted by Gasteiger charge is -2.11. The van der Waals surface area contributed by atoms with E-state index in [1.165, 1.54) is 11.9 Å². The van der Waals surface area contributed by atoms with Crippen molar-refractivity contribution in [1.29, 1.82) is 0 Å². The lowest BCUT2D eigenvalue weighted by Crippen LogP contribution is -2.02. The van der Waals surface area contributed by atoms with Crippen LogP contribution in [0, 0.1) is 6.92 Å². The first-order valence-corrected chi connectivity index (χ1v) is 9.45. The molecule has 0 atom stereocenters. The van der Waals surface area contributed by atoms with Gasteiger partial charge in [-0.2, -0.15) is 11.8 Å². The summed E-state index contributed by atoms with van der Waals surface area (Å²) in [6.07, 6.45) is 1.90. The van der Waals surface area contributed by atoms with Gasteiger partial charge in [0, 0.05) is 5.02 Å². The molecule has 0 saturated heterocycles. The van der Waals surface area contributed by atoms with Crippen LogP contribution in [0.4, 0.5) is 0 Å². The Kier molecular flexibility index (Phi) is 5.71. The fraction of sp³-hybridized carbons (Fsp3) is 0.278. The zero-order valence-corrected chi connectivity index (χ0v) is 15.5. The minimum atomic E-state index is 0.0183. The molecule has 0 fully saturated rings. The Hall–Kier alpha value is -1.92. The van der Waals surface area contributed by atoms with Gasteiger partial charge < -0.3 is 9.84 Å². The molecule has 0 aliphatic carbocycles. The maximum Gasteiger partial charge on any atom is 0.185 e. The van der Waals surface area contributed by atoms with E-state index in [-0.39, 0.29) is 5.75 Å². The molecule has 3 aromatic rings. The second-order valence-electron chi connectivity index (χ2n) is 5.50. The fourth-order valence-electron chi connectivity index (χ4n) is 2.58. The average Bonchev–Trinajstić information content (AvgIpc) is 3.02. The number of fused-ring (bicyclic) bond motifs is 1. The molecule has 0 spiro atoms. The van der Waals surface area contributed by atoms with E-state index in [4.69, 9.17) is 16.3 Å². The van der Waals surface area contributed by atoms with E-state index in [0.717, 1.165) is 29.9 Å². The largest absolute Gasteiger partial charge is 0.503 e. The number of ether oxygens (including phenoxy) is 1. The number of benzene rings is 2. The van der Waals surface area contributed by atoms with Gasteiger partial charge >= 0.3 is 0 Å². The van der Waals surface area contributed by atoms with Gasteiger partial charge in [-0.1, -0.05) is 11.6 Å². The molecule has 2 aromatic carbocycles. The molecule has 3 rings (SSSR count). The topological polar surface area (TPSA) is 60.2 Å². The van der Waals surface area contributed by atoms with Crippen molar-refractivity contribution in [3.05, 3.63) is 47.8 Å². The minimum Gasteiger partial charge on any atom is -0.503 e. The highest BCUT2D eigenvalue weighted by Gasteiger charge is 2.15. The number of aromatic nitrogens is 3. The summed E-state index contributed by atoms with van der Waals surface area (Å²) >= 11 is 7.82. The van der Waals surface area contributed by atoms with Crippen molar-refractivity contribution >= 4 is 34.4 Å². The monoisotopic (exact) mass is 376 g/mol. The number of halogens is 1. The van der Waals surface area contributed by atoms with E-state index in [2.05, 4.69) is 17.1 Å². The number of methoxy groups -OCH3 is 1. The average molecular weight is 377 g/mol. The van der Waals surface area contributed by atoms with Gasteiger partial charge in [0.1, 0.15) is 16.7 Å². The standard InChI is InChI=1S/C18H19ClN3O2S/c1-3-25-8-4-5-12-9-16(18(23)17(10-12)24-2)22-20-14-7-6-13(19)11-15(14)21-22/h6-7,9-11,23H,1,3-5,8H2,2H3. The molecule has 1 aromatic heterocycles. The second-order valence-corrected chi connectivity index (χ2v) is 7.17. The van der Waals surface area contributed by atoms with Crippen LogP contribution in [-0.2, 0) is 6.42 Å². The molecule has 131 valence electrons. The van der Waals surface area contributed by atoms with Crippen molar-refractivity contribution in [3.63, 3.8) is 0 Å². The van der Waals surface area contributed by atoms with Gasteiger partial charge in [0.25, 0.3) is 0 Å². The van der Waals surface area contributed by atoms with Crippen LogP contribution >= 0.6 is 23.4 Å². The number of hydrogen-bond donors (Lipinski definition) is 1. The number of hydrogen-bond acceptors (Lipinski definition) is 5. The highest BCUT2D eigenvalue weighted by molar-refractivity contribution is 7.99. The van der Waals surface area contributed by atoms with E-state index >= 15 is 0 Å². The summed E-state index contributed by atoms with van der Waals surface area (Å²) in [6.45, 7) is 3.83. The van der Waals surface area contributed by atoms with Crippen LogP contribution in [0.15, 0.2) is 30.3 Å². The van der Waals surface area contributed by atoms with Crippen molar-refractivity contribution in [1.82, 2.24) is 15.0 Å². The number of phenolic OH excluding ortho intramolecular Hbond substituents is 1. The maximum atomic E-state index is 10.5. The van der Waals surface area contributed by atoms with Crippen molar-refractivity contribution in [2.45, 2.75) is 12.8 Å². The van der Waals surface area contributed by atoms with Crippen molar-refractivity contribution in [3.8, 4) is 17.2 Å². The fourth-order valence-corrected chi connectivity index (χ4v) is 3.30. The summed E-state index contributed by atoms with van der Waals surface area (Å²) in [4.78, 5) is 1.42. The van der Waals surface area contributed by atoms with Gasteiger partial charge in [0.2, 0.25) is 0 Å². The van der Waals surface area contributed by atoms with E-state index in [0.29, 0.717) is 27.5 Å². The zero-order valence-electron chi connectivity index (χ0n) is 13.9. The molecule has 1 heterocycles. The highest BCUT2D eigenvalue weighted by atomic mass is 35.5. The molecule has 25 heavy (non-hydrogen) atoms. The molecular weight excluding hydrogens is 358 g/mol. The van der Waals surface area contributed by atoms with Gasteiger partial charge in [0.05, 0.1) is 7.11 Å². The number of rotatable bonds is 7. The van der Waals surface area contributed by atoms with Crippen LogP contribution in [0.25, 0.3) is 16.7 Å². The van der Waals surface area contributed by atoms with Crippen LogP contribution in [0.1, 0.15) is 12.0 Å². The quantitative estimate of drug-likeness (QED) is 0.623. The van der Waals surface area contributed by atoms with Crippen molar-refractivity contribution in [2.75, 3.05) is 18.6 Å². The molecule has 0 aliphatic rings. The third kappa shape index (κ3) is 4.02.